The van der Waals surface area contributed by atoms with Crippen molar-refractivity contribution in [3.8, 4) is 0 Å². The fourth-order valence-electron chi connectivity index (χ4n) is 1.16. The van der Waals surface area contributed by atoms with E-state index in [2.05, 4.69) is 4.72 Å². The predicted octanol–water partition coefficient (Wildman–Crippen LogP) is 0.567. The molecule has 1 aromatic rings. The normalized spacial score (nSPS) is 11.4. The molecule has 6 heteroatoms. The highest BCUT2D eigenvalue weighted by atomic mass is 32.2. The summed E-state index contributed by atoms with van der Waals surface area (Å²) in [6, 6.07) is 6.61. The summed E-state index contributed by atoms with van der Waals surface area (Å²) in [4.78, 5) is 0. The van der Waals surface area contributed by atoms with Crippen LogP contribution in [0.3, 0.4) is 0 Å². The van der Waals surface area contributed by atoms with Crippen LogP contribution in [0.2, 0.25) is 0 Å². The number of rotatable bonds is 6. The number of methoxy groups -OCH3 is 1. The van der Waals surface area contributed by atoms with Gasteiger partial charge in [0.2, 0.25) is 10.0 Å². The fourth-order valence-corrected chi connectivity index (χ4v) is 2.13. The highest BCUT2D eigenvalue weighted by Crippen LogP contribution is 2.12. The molecule has 0 heterocycles. The number of aliphatic hydroxyl groups is 1. The minimum absolute atomic E-state index is 0.0904. The molecule has 90 valence electrons. The molecule has 0 aliphatic heterocycles. The van der Waals surface area contributed by atoms with E-state index in [0.717, 1.165) is 0 Å². The van der Waals surface area contributed by atoms with Gasteiger partial charge in [0.25, 0.3) is 0 Å². The third kappa shape index (κ3) is 4.18. The Morgan fingerprint density at radius 1 is 1.44 bits per heavy atom. The van der Waals surface area contributed by atoms with Gasteiger partial charge in [-0.2, -0.15) is 0 Å². The van der Waals surface area contributed by atoms with E-state index < -0.39 is 10.0 Å². The molecule has 0 saturated carbocycles. The second-order valence-corrected chi connectivity index (χ2v) is 5.11. The Balaban J connectivity index is 2.72. The van der Waals surface area contributed by atoms with Gasteiger partial charge in [-0.3, -0.25) is 4.72 Å². The lowest BCUT2D eigenvalue weighted by Crippen LogP contribution is -2.19. The Labute approximate surface area is 95.1 Å². The van der Waals surface area contributed by atoms with Gasteiger partial charge in [-0.05, 0) is 17.7 Å². The zero-order chi connectivity index (χ0) is 12.0. The SMILES string of the molecule is COCCS(=O)(=O)Nc1cccc(CO)c1. The second kappa shape index (κ2) is 5.83. The molecule has 16 heavy (non-hydrogen) atoms. The average Bonchev–Trinajstić information content (AvgIpc) is 2.26. The summed E-state index contributed by atoms with van der Waals surface area (Å²) >= 11 is 0. The summed E-state index contributed by atoms with van der Waals surface area (Å²) in [5.41, 5.74) is 1.11. The number of benzene rings is 1. The van der Waals surface area contributed by atoms with Gasteiger partial charge in [0.15, 0.2) is 0 Å². The van der Waals surface area contributed by atoms with E-state index in [0.29, 0.717) is 11.3 Å². The van der Waals surface area contributed by atoms with Crippen LogP contribution in [-0.2, 0) is 21.4 Å². The first-order valence-corrected chi connectivity index (χ1v) is 6.42. The molecular weight excluding hydrogens is 230 g/mol. The van der Waals surface area contributed by atoms with Crippen molar-refractivity contribution in [1.29, 1.82) is 0 Å². The Morgan fingerprint density at radius 3 is 2.81 bits per heavy atom. The molecule has 2 N–H and O–H groups in total. The van der Waals surface area contributed by atoms with Crippen LogP contribution in [0, 0.1) is 0 Å². The molecule has 0 aromatic heterocycles. The molecule has 0 aliphatic rings. The monoisotopic (exact) mass is 245 g/mol. The first-order valence-electron chi connectivity index (χ1n) is 4.76. The van der Waals surface area contributed by atoms with Crippen molar-refractivity contribution in [3.63, 3.8) is 0 Å². The standard InChI is InChI=1S/C10H15NO4S/c1-15-5-6-16(13,14)11-10-4-2-3-9(7-10)8-12/h2-4,7,11-12H,5-6,8H2,1H3. The Kier molecular flexibility index (Phi) is 4.72. The van der Waals surface area contributed by atoms with Gasteiger partial charge < -0.3 is 9.84 Å². The lowest BCUT2D eigenvalue weighted by atomic mass is 10.2. The molecule has 0 saturated heterocycles. The van der Waals surface area contributed by atoms with Crippen LogP contribution in [0.25, 0.3) is 0 Å². The number of sulfonamides is 1. The van der Waals surface area contributed by atoms with Gasteiger partial charge >= 0.3 is 0 Å². The maximum atomic E-state index is 11.5. The number of aliphatic hydroxyl groups excluding tert-OH is 1. The van der Waals surface area contributed by atoms with Crippen LogP contribution < -0.4 is 4.72 Å². The third-order valence-electron chi connectivity index (χ3n) is 1.94. The number of ether oxygens (including phenoxy) is 1. The largest absolute Gasteiger partial charge is 0.392 e. The Hall–Kier alpha value is -1.11. The van der Waals surface area contributed by atoms with Crippen LogP contribution in [0.1, 0.15) is 5.56 Å². The van der Waals surface area contributed by atoms with E-state index in [-0.39, 0.29) is 19.0 Å². The van der Waals surface area contributed by atoms with Crippen LogP contribution >= 0.6 is 0 Å². The molecule has 0 fully saturated rings. The van der Waals surface area contributed by atoms with Gasteiger partial charge in [-0.1, -0.05) is 12.1 Å². The summed E-state index contributed by atoms with van der Waals surface area (Å²) < 4.78 is 30.1. The van der Waals surface area contributed by atoms with Crippen molar-refractivity contribution in [2.45, 2.75) is 6.61 Å². The summed E-state index contributed by atoms with van der Waals surface area (Å²) in [5.74, 6) is -0.0904. The second-order valence-electron chi connectivity index (χ2n) is 3.27. The van der Waals surface area contributed by atoms with E-state index in [1.807, 2.05) is 0 Å². The molecule has 0 amide bonds. The molecule has 0 bridgehead atoms. The average molecular weight is 245 g/mol. The zero-order valence-electron chi connectivity index (χ0n) is 9.01. The van der Waals surface area contributed by atoms with Crippen LogP contribution in [0.4, 0.5) is 5.69 Å². The quantitative estimate of drug-likeness (QED) is 0.768. The maximum Gasteiger partial charge on any atom is 0.234 e. The molecule has 0 spiro atoms. The summed E-state index contributed by atoms with van der Waals surface area (Å²) in [7, 11) is -1.93. The smallest absolute Gasteiger partial charge is 0.234 e. The van der Waals surface area contributed by atoms with Gasteiger partial charge in [0.05, 0.1) is 19.0 Å². The fraction of sp³-hybridized carbons (Fsp3) is 0.400. The van der Waals surface area contributed by atoms with Crippen molar-refractivity contribution >= 4 is 15.7 Å². The van der Waals surface area contributed by atoms with E-state index in [4.69, 9.17) is 9.84 Å². The lowest BCUT2D eigenvalue weighted by molar-refractivity contribution is 0.217. The van der Waals surface area contributed by atoms with Gasteiger partial charge in [-0.15, -0.1) is 0 Å². The van der Waals surface area contributed by atoms with Crippen molar-refractivity contribution in [3.05, 3.63) is 29.8 Å². The molecule has 0 radical (unpaired) electrons. The molecule has 0 unspecified atom stereocenters. The Morgan fingerprint density at radius 2 is 2.19 bits per heavy atom. The highest BCUT2D eigenvalue weighted by Gasteiger charge is 2.09. The van der Waals surface area contributed by atoms with Crippen molar-refractivity contribution < 1.29 is 18.3 Å². The molecule has 0 aliphatic carbocycles. The number of hydrogen-bond donors (Lipinski definition) is 2. The van der Waals surface area contributed by atoms with Crippen molar-refractivity contribution in [1.82, 2.24) is 0 Å². The van der Waals surface area contributed by atoms with E-state index in [1.165, 1.54) is 7.11 Å². The lowest BCUT2D eigenvalue weighted by Gasteiger charge is -2.08. The highest BCUT2D eigenvalue weighted by molar-refractivity contribution is 7.92. The topological polar surface area (TPSA) is 75.6 Å². The van der Waals surface area contributed by atoms with Gasteiger partial charge in [0, 0.05) is 12.8 Å². The number of nitrogens with one attached hydrogen (secondary N) is 1. The third-order valence-corrected chi connectivity index (χ3v) is 3.19. The first kappa shape index (κ1) is 13.0. The first-order chi connectivity index (χ1) is 7.57. The summed E-state index contributed by atoms with van der Waals surface area (Å²) in [6.07, 6.45) is 0. The minimum atomic E-state index is -3.38. The van der Waals surface area contributed by atoms with Gasteiger partial charge in [0.1, 0.15) is 0 Å². The molecular formula is C10H15NO4S. The Bertz CT molecular complexity index is 430. The van der Waals surface area contributed by atoms with E-state index >= 15 is 0 Å². The van der Waals surface area contributed by atoms with Crippen LogP contribution in [-0.4, -0.2) is 33.0 Å². The molecule has 0 atom stereocenters. The summed E-state index contributed by atoms with van der Waals surface area (Å²) in [5, 5.41) is 8.90. The van der Waals surface area contributed by atoms with Crippen LogP contribution in [0.5, 0.6) is 0 Å². The summed E-state index contributed by atoms with van der Waals surface area (Å²) in [6.45, 7) is 0.0304. The molecule has 1 rings (SSSR count). The predicted molar refractivity (Wildman–Crippen MR) is 61.7 cm³/mol. The maximum absolute atomic E-state index is 11.5. The van der Waals surface area contributed by atoms with E-state index in [1.54, 1.807) is 24.3 Å². The molecule has 1 aromatic carbocycles. The van der Waals surface area contributed by atoms with Crippen LogP contribution in [0.15, 0.2) is 24.3 Å². The van der Waals surface area contributed by atoms with Gasteiger partial charge in [-0.25, -0.2) is 8.42 Å². The van der Waals surface area contributed by atoms with Crippen molar-refractivity contribution in [2.24, 2.45) is 0 Å². The minimum Gasteiger partial charge on any atom is -0.392 e. The van der Waals surface area contributed by atoms with Crippen molar-refractivity contribution in [2.75, 3.05) is 24.2 Å². The zero-order valence-corrected chi connectivity index (χ0v) is 9.83. The molecule has 5 nitrogen and oxygen atoms in total. The number of anilines is 1. The number of hydrogen-bond acceptors (Lipinski definition) is 4. The van der Waals surface area contributed by atoms with E-state index in [9.17, 15) is 8.42 Å².